The number of nitrogens with one attached hydrogen (secondary N) is 2. The van der Waals surface area contributed by atoms with Gasteiger partial charge in [-0.3, -0.25) is 4.79 Å². The van der Waals surface area contributed by atoms with Crippen molar-refractivity contribution in [2.24, 2.45) is 0 Å². The average molecular weight is 607 g/mol. The number of para-hydroxylation sites is 1. The van der Waals surface area contributed by atoms with E-state index in [-0.39, 0.29) is 24.6 Å². The molecule has 0 spiro atoms. The number of carbonyl (C=O) groups excluding carboxylic acids is 1. The van der Waals surface area contributed by atoms with Gasteiger partial charge in [-0.1, -0.05) is 90.5 Å². The molecule has 2 unspecified atom stereocenters. The number of rotatable bonds is 11. The minimum atomic E-state index is -0.354. The highest BCUT2D eigenvalue weighted by Crippen LogP contribution is 2.35. The lowest BCUT2D eigenvalue weighted by Crippen LogP contribution is -2.32. The van der Waals surface area contributed by atoms with Gasteiger partial charge in [0.1, 0.15) is 5.75 Å². The second-order valence-corrected chi connectivity index (χ2v) is 11.4. The number of nitrogens with zero attached hydrogens (tertiary/aromatic N) is 2. The molecule has 2 atom stereocenters. The van der Waals surface area contributed by atoms with Crippen LogP contribution in [0, 0.1) is 0 Å². The summed E-state index contributed by atoms with van der Waals surface area (Å²) < 4.78 is 8.22. The van der Waals surface area contributed by atoms with Crippen molar-refractivity contribution in [2.45, 2.75) is 38.0 Å². The number of ether oxygens (including phenoxy) is 1. The van der Waals surface area contributed by atoms with Gasteiger partial charge < -0.3 is 25.0 Å². The normalized spacial score (nSPS) is 14.8. The van der Waals surface area contributed by atoms with Gasteiger partial charge in [0.05, 0.1) is 30.2 Å². The number of carbonyl (C=O) groups is 1. The average Bonchev–Trinajstić information content (AvgIpc) is 3.51. The minimum Gasteiger partial charge on any atom is -0.492 e. The summed E-state index contributed by atoms with van der Waals surface area (Å²) in [5.41, 5.74) is 7.00. The first-order valence-electron chi connectivity index (χ1n) is 14.9. The van der Waals surface area contributed by atoms with Gasteiger partial charge >= 0.3 is 0 Å². The minimum absolute atomic E-state index is 0.0181. The molecule has 2 heterocycles. The summed E-state index contributed by atoms with van der Waals surface area (Å²) in [5, 5.41) is 17.0. The van der Waals surface area contributed by atoms with Crippen LogP contribution in [-0.4, -0.2) is 33.8 Å². The number of aromatic nitrogens is 2. The molecule has 7 nitrogen and oxygen atoms in total. The Morgan fingerprint density at radius 2 is 1.75 bits per heavy atom. The predicted molar refractivity (Wildman–Crippen MR) is 173 cm³/mol. The molecule has 1 aliphatic heterocycles. The maximum absolute atomic E-state index is 13.5. The first kappa shape index (κ1) is 29.6. The lowest BCUT2D eigenvalue weighted by atomic mass is 9.96. The molecule has 3 N–H and O–H groups in total. The summed E-state index contributed by atoms with van der Waals surface area (Å²) in [6, 6.07) is 31.7. The van der Waals surface area contributed by atoms with Crippen LogP contribution in [0.25, 0.3) is 11.1 Å². The Bertz CT molecular complexity index is 1690. The molecule has 0 bridgehead atoms. The fourth-order valence-corrected chi connectivity index (χ4v) is 5.82. The van der Waals surface area contributed by atoms with E-state index in [1.165, 1.54) is 16.7 Å². The highest BCUT2D eigenvalue weighted by molar-refractivity contribution is 6.30. The number of benzene rings is 4. The van der Waals surface area contributed by atoms with Gasteiger partial charge in [-0.2, -0.15) is 0 Å². The van der Waals surface area contributed by atoms with Crippen molar-refractivity contribution in [3.8, 4) is 16.9 Å². The van der Waals surface area contributed by atoms with Gasteiger partial charge in [0.25, 0.3) is 5.91 Å². The third kappa shape index (κ3) is 6.86. The number of imidazole rings is 1. The Morgan fingerprint density at radius 3 is 2.52 bits per heavy atom. The summed E-state index contributed by atoms with van der Waals surface area (Å²) in [6.45, 7) is 1.79. The fourth-order valence-electron chi connectivity index (χ4n) is 5.69. The SMILES string of the molecule is O=C(NC(CCO)c1ccc(Cl)cc1)c1cccc2c1OCCC2NCc1cncn1Cc1ccc(-c2ccccc2)cc1. The Kier molecular flexibility index (Phi) is 9.37. The van der Waals surface area contributed by atoms with E-state index in [9.17, 15) is 9.90 Å². The van der Waals surface area contributed by atoms with Crippen LogP contribution in [0.1, 0.15) is 57.7 Å². The molecule has 1 aliphatic rings. The van der Waals surface area contributed by atoms with Gasteiger partial charge in [0.15, 0.2) is 0 Å². The Labute approximate surface area is 262 Å². The molecule has 0 saturated heterocycles. The molecular formula is C36H35ClN4O3. The zero-order chi connectivity index (χ0) is 30.3. The van der Waals surface area contributed by atoms with Crippen molar-refractivity contribution in [1.29, 1.82) is 0 Å². The van der Waals surface area contributed by atoms with E-state index >= 15 is 0 Å². The second-order valence-electron chi connectivity index (χ2n) is 11.0. The monoisotopic (exact) mass is 606 g/mol. The smallest absolute Gasteiger partial charge is 0.255 e. The van der Waals surface area contributed by atoms with Crippen LogP contribution in [0.2, 0.25) is 5.02 Å². The van der Waals surface area contributed by atoms with Crippen LogP contribution in [0.3, 0.4) is 0 Å². The van der Waals surface area contributed by atoms with Gasteiger partial charge in [-0.05, 0) is 46.9 Å². The maximum Gasteiger partial charge on any atom is 0.255 e. The number of aliphatic hydroxyl groups excluding tert-OH is 1. The van der Waals surface area contributed by atoms with Crippen molar-refractivity contribution < 1.29 is 14.6 Å². The van der Waals surface area contributed by atoms with Crippen molar-refractivity contribution in [3.05, 3.63) is 143 Å². The van der Waals surface area contributed by atoms with E-state index in [1.54, 1.807) is 18.2 Å². The topological polar surface area (TPSA) is 88.4 Å². The van der Waals surface area contributed by atoms with Crippen molar-refractivity contribution in [1.82, 2.24) is 20.2 Å². The number of halogens is 1. The number of fused-ring (bicyclic) bond motifs is 1. The molecule has 1 amide bonds. The van der Waals surface area contributed by atoms with Gasteiger partial charge in [-0.25, -0.2) is 4.98 Å². The van der Waals surface area contributed by atoms with E-state index in [4.69, 9.17) is 16.3 Å². The number of hydrogen-bond acceptors (Lipinski definition) is 5. The summed E-state index contributed by atoms with van der Waals surface area (Å²) in [6.07, 6.45) is 4.93. The van der Waals surface area contributed by atoms with Crippen LogP contribution in [0.4, 0.5) is 0 Å². The van der Waals surface area contributed by atoms with E-state index in [2.05, 4.69) is 68.7 Å². The standard InChI is InChI=1S/C36H35ClN4O3/c37-29-15-13-28(14-16-29)33(17-19-42)40-36(43)32-8-4-7-31-34(18-20-44-35(31)32)39-22-30-21-38-24-41(30)23-25-9-11-27(12-10-25)26-5-2-1-3-6-26/h1-16,21,24,33-34,39,42H,17-20,22-23H2,(H,40,43). The molecule has 44 heavy (non-hydrogen) atoms. The zero-order valence-corrected chi connectivity index (χ0v) is 25.1. The Balaban J connectivity index is 1.13. The first-order chi connectivity index (χ1) is 21.6. The molecule has 1 aromatic heterocycles. The van der Waals surface area contributed by atoms with Crippen molar-refractivity contribution >= 4 is 17.5 Å². The summed E-state index contributed by atoms with van der Waals surface area (Å²) in [7, 11) is 0. The van der Waals surface area contributed by atoms with Crippen LogP contribution in [0.5, 0.6) is 5.75 Å². The lowest BCUT2D eigenvalue weighted by molar-refractivity contribution is 0.0924. The Hall–Kier alpha value is -4.43. The van der Waals surface area contributed by atoms with Crippen LogP contribution >= 0.6 is 11.6 Å². The maximum atomic E-state index is 13.5. The second kappa shape index (κ2) is 13.9. The van der Waals surface area contributed by atoms with Crippen molar-refractivity contribution in [3.63, 3.8) is 0 Å². The molecule has 4 aromatic carbocycles. The van der Waals surface area contributed by atoms with E-state index in [1.807, 2.05) is 42.9 Å². The van der Waals surface area contributed by atoms with Crippen molar-refractivity contribution in [2.75, 3.05) is 13.2 Å². The first-order valence-corrected chi connectivity index (χ1v) is 15.3. The Morgan fingerprint density at radius 1 is 0.977 bits per heavy atom. The highest BCUT2D eigenvalue weighted by Gasteiger charge is 2.27. The molecule has 6 rings (SSSR count). The molecule has 0 radical (unpaired) electrons. The number of aliphatic hydroxyl groups is 1. The third-order valence-corrected chi connectivity index (χ3v) is 8.31. The van der Waals surface area contributed by atoms with Gasteiger partial charge in [0.2, 0.25) is 0 Å². The van der Waals surface area contributed by atoms with E-state index in [0.29, 0.717) is 35.9 Å². The van der Waals surface area contributed by atoms with E-state index < -0.39 is 0 Å². The highest BCUT2D eigenvalue weighted by atomic mass is 35.5. The third-order valence-electron chi connectivity index (χ3n) is 8.06. The number of amides is 1. The van der Waals surface area contributed by atoms with E-state index in [0.717, 1.165) is 29.8 Å². The quantitative estimate of drug-likeness (QED) is 0.155. The van der Waals surface area contributed by atoms with Crippen LogP contribution < -0.4 is 15.4 Å². The molecular weight excluding hydrogens is 572 g/mol. The summed E-state index contributed by atoms with van der Waals surface area (Å²) in [4.78, 5) is 17.9. The molecule has 224 valence electrons. The molecule has 8 heteroatoms. The van der Waals surface area contributed by atoms with Gasteiger partial charge in [0, 0.05) is 48.9 Å². The summed E-state index contributed by atoms with van der Waals surface area (Å²) >= 11 is 6.05. The van der Waals surface area contributed by atoms with Crippen LogP contribution in [-0.2, 0) is 13.1 Å². The predicted octanol–water partition coefficient (Wildman–Crippen LogP) is 6.72. The van der Waals surface area contributed by atoms with Crippen LogP contribution in [0.15, 0.2) is 110 Å². The molecule has 5 aromatic rings. The molecule has 0 fully saturated rings. The molecule has 0 saturated carbocycles. The molecule has 0 aliphatic carbocycles. The largest absolute Gasteiger partial charge is 0.492 e. The fraction of sp³-hybridized carbons (Fsp3) is 0.222. The summed E-state index contributed by atoms with van der Waals surface area (Å²) in [5.74, 6) is 0.354. The van der Waals surface area contributed by atoms with Gasteiger partial charge in [-0.15, -0.1) is 0 Å². The lowest BCUT2D eigenvalue weighted by Gasteiger charge is -2.29. The zero-order valence-electron chi connectivity index (χ0n) is 24.3. The number of hydrogen-bond donors (Lipinski definition) is 3.